The van der Waals surface area contributed by atoms with Crippen LogP contribution in [0.5, 0.6) is 17.2 Å². The highest BCUT2D eigenvalue weighted by atomic mass is 35.5. The summed E-state index contributed by atoms with van der Waals surface area (Å²) < 4.78 is 11.7. The third-order valence-electron chi connectivity index (χ3n) is 7.63. The number of rotatable bonds is 8. The molecule has 3 aliphatic rings. The van der Waals surface area contributed by atoms with Crippen molar-refractivity contribution < 1.29 is 28.9 Å². The summed E-state index contributed by atoms with van der Waals surface area (Å²) in [5, 5.41) is 22.9. The van der Waals surface area contributed by atoms with Gasteiger partial charge in [-0.3, -0.25) is 29.8 Å². The fraction of sp³-hybridized carbons (Fsp3) is 0.379. The average molecular weight is 582 g/mol. The van der Waals surface area contributed by atoms with Gasteiger partial charge in [-0.2, -0.15) is 0 Å². The molecule has 11 nitrogen and oxygen atoms in total. The SMILES string of the molecule is CCOc1cc(C2C3=C(CCCC3=O)N(CC)C3=C2C(=O)CCC3)cc(Cl)c1Oc1ccc([N+](=O)[O-])cc1[N+](=O)[O-]. The number of hydrogen-bond donors (Lipinski definition) is 0. The number of nitro benzene ring substituents is 2. The number of carbonyl (C=O) groups is 2. The van der Waals surface area contributed by atoms with E-state index in [1.54, 1.807) is 19.1 Å². The van der Waals surface area contributed by atoms with E-state index in [-0.39, 0.29) is 40.4 Å². The Kier molecular flexibility index (Phi) is 7.81. The minimum absolute atomic E-state index is 0.00413. The molecule has 0 aromatic heterocycles. The van der Waals surface area contributed by atoms with Crippen molar-refractivity contribution in [2.75, 3.05) is 13.2 Å². The molecule has 0 unspecified atom stereocenters. The molecule has 5 rings (SSSR count). The molecular formula is C29H28ClN3O8. The predicted molar refractivity (Wildman–Crippen MR) is 149 cm³/mol. The second kappa shape index (κ2) is 11.3. The molecule has 2 aliphatic carbocycles. The molecule has 0 radical (unpaired) electrons. The second-order valence-corrected chi connectivity index (χ2v) is 10.4. The molecule has 1 aliphatic heterocycles. The van der Waals surface area contributed by atoms with Crippen LogP contribution in [0.3, 0.4) is 0 Å². The maximum Gasteiger partial charge on any atom is 0.318 e. The molecule has 0 saturated heterocycles. The van der Waals surface area contributed by atoms with Gasteiger partial charge in [-0.15, -0.1) is 0 Å². The van der Waals surface area contributed by atoms with Crippen molar-refractivity contribution in [1.82, 2.24) is 4.90 Å². The highest BCUT2D eigenvalue weighted by Gasteiger charge is 2.43. The number of ether oxygens (including phenoxy) is 2. The number of nitro groups is 2. The first-order chi connectivity index (χ1) is 19.7. The summed E-state index contributed by atoms with van der Waals surface area (Å²) in [4.78, 5) is 50.3. The molecule has 0 bridgehead atoms. The van der Waals surface area contributed by atoms with E-state index in [2.05, 4.69) is 4.90 Å². The molecule has 0 fully saturated rings. The Morgan fingerprint density at radius 3 is 2.07 bits per heavy atom. The standard InChI is InChI=1S/C29H28ClN3O8/c1-3-31-19-7-5-9-22(34)27(19)26(28-20(31)8-6-10-23(28)35)16-13-18(30)29(25(14-16)40-4-2)41-24-12-11-17(32(36)37)15-21(24)33(38)39/h11-15,26H,3-10H2,1-2H3. The summed E-state index contributed by atoms with van der Waals surface area (Å²) in [6, 6.07) is 6.30. The van der Waals surface area contributed by atoms with E-state index in [4.69, 9.17) is 21.1 Å². The zero-order chi connectivity index (χ0) is 29.4. The number of Topliss-reactive ketones (excluding diaryl/α,β-unsaturated/α-hetero) is 2. The van der Waals surface area contributed by atoms with Gasteiger partial charge >= 0.3 is 5.69 Å². The number of benzene rings is 2. The number of allylic oxidation sites excluding steroid dienone is 4. The van der Waals surface area contributed by atoms with E-state index in [1.807, 2.05) is 6.92 Å². The van der Waals surface area contributed by atoms with Crippen molar-refractivity contribution in [3.63, 3.8) is 0 Å². The van der Waals surface area contributed by atoms with Crippen molar-refractivity contribution in [3.05, 3.63) is 83.7 Å². The molecule has 0 atom stereocenters. The Morgan fingerprint density at radius 2 is 1.54 bits per heavy atom. The lowest BCUT2D eigenvalue weighted by Crippen LogP contribution is -2.39. The summed E-state index contributed by atoms with van der Waals surface area (Å²) in [6.07, 6.45) is 3.72. The summed E-state index contributed by atoms with van der Waals surface area (Å²) in [5.74, 6) is -0.744. The maximum absolute atomic E-state index is 13.4. The van der Waals surface area contributed by atoms with E-state index in [0.717, 1.165) is 55.3 Å². The Labute approximate surface area is 240 Å². The first-order valence-corrected chi connectivity index (χ1v) is 13.9. The number of hydrogen-bond acceptors (Lipinski definition) is 9. The summed E-state index contributed by atoms with van der Waals surface area (Å²) in [5.41, 5.74) is 2.60. The number of halogens is 1. The van der Waals surface area contributed by atoms with Crippen molar-refractivity contribution in [1.29, 1.82) is 0 Å². The van der Waals surface area contributed by atoms with Crippen molar-refractivity contribution in [2.24, 2.45) is 0 Å². The lowest BCUT2D eigenvalue weighted by molar-refractivity contribution is -0.394. The van der Waals surface area contributed by atoms with Crippen molar-refractivity contribution in [3.8, 4) is 17.2 Å². The molecule has 2 aromatic carbocycles. The molecule has 2 aromatic rings. The zero-order valence-electron chi connectivity index (χ0n) is 22.6. The highest BCUT2D eigenvalue weighted by Crippen LogP contribution is 2.51. The Morgan fingerprint density at radius 1 is 0.902 bits per heavy atom. The van der Waals surface area contributed by atoms with Crippen LogP contribution in [0, 0.1) is 20.2 Å². The molecule has 12 heteroatoms. The van der Waals surface area contributed by atoms with Gasteiger partial charge in [-0.25, -0.2) is 0 Å². The number of non-ortho nitro benzene ring substituents is 1. The second-order valence-electron chi connectivity index (χ2n) is 9.98. The lowest BCUT2D eigenvalue weighted by Gasteiger charge is -2.43. The van der Waals surface area contributed by atoms with E-state index in [9.17, 15) is 29.8 Å². The molecular weight excluding hydrogens is 554 g/mol. The van der Waals surface area contributed by atoms with Gasteiger partial charge in [-0.1, -0.05) is 11.6 Å². The number of nitrogens with zero attached hydrogens (tertiary/aromatic N) is 3. The predicted octanol–water partition coefficient (Wildman–Crippen LogP) is 6.78. The fourth-order valence-electron chi connectivity index (χ4n) is 6.01. The molecule has 1 heterocycles. The fourth-order valence-corrected chi connectivity index (χ4v) is 6.26. The number of carbonyl (C=O) groups excluding carboxylic acids is 2. The maximum atomic E-state index is 13.4. The van der Waals surface area contributed by atoms with E-state index in [0.29, 0.717) is 36.1 Å². The third kappa shape index (κ3) is 5.06. The van der Waals surface area contributed by atoms with Gasteiger partial charge in [0.05, 0.1) is 27.5 Å². The largest absolute Gasteiger partial charge is 0.490 e. The van der Waals surface area contributed by atoms with Crippen LogP contribution in [0.2, 0.25) is 5.02 Å². The molecule has 0 saturated carbocycles. The van der Waals surface area contributed by atoms with Crippen LogP contribution in [0.4, 0.5) is 11.4 Å². The van der Waals surface area contributed by atoms with Gasteiger partial charge in [0, 0.05) is 53.9 Å². The Hall–Kier alpha value is -4.25. The first kappa shape index (κ1) is 28.3. The van der Waals surface area contributed by atoms with Gasteiger partial charge in [0.15, 0.2) is 23.1 Å². The zero-order valence-corrected chi connectivity index (χ0v) is 23.4. The molecule has 0 N–H and O–H groups in total. The monoisotopic (exact) mass is 581 g/mol. The van der Waals surface area contributed by atoms with Crippen LogP contribution in [0.25, 0.3) is 0 Å². The topological polar surface area (TPSA) is 142 Å². The van der Waals surface area contributed by atoms with Crippen LogP contribution < -0.4 is 9.47 Å². The van der Waals surface area contributed by atoms with Gasteiger partial charge in [0.25, 0.3) is 5.69 Å². The third-order valence-corrected chi connectivity index (χ3v) is 7.91. The normalized spacial score (nSPS) is 17.4. The van der Waals surface area contributed by atoms with Crippen LogP contribution in [-0.2, 0) is 9.59 Å². The molecule has 214 valence electrons. The Balaban J connectivity index is 1.66. The quantitative estimate of drug-likeness (QED) is 0.243. The summed E-state index contributed by atoms with van der Waals surface area (Å²) in [6.45, 7) is 4.61. The average Bonchev–Trinajstić information content (AvgIpc) is 2.94. The van der Waals surface area contributed by atoms with E-state index in [1.165, 1.54) is 0 Å². The van der Waals surface area contributed by atoms with E-state index >= 15 is 0 Å². The van der Waals surface area contributed by atoms with Crippen LogP contribution in [0.15, 0.2) is 52.9 Å². The van der Waals surface area contributed by atoms with Crippen LogP contribution >= 0.6 is 11.6 Å². The first-order valence-electron chi connectivity index (χ1n) is 13.5. The smallest absolute Gasteiger partial charge is 0.318 e. The van der Waals surface area contributed by atoms with Crippen LogP contribution in [0.1, 0.15) is 63.9 Å². The van der Waals surface area contributed by atoms with Gasteiger partial charge in [0.2, 0.25) is 5.75 Å². The highest BCUT2D eigenvalue weighted by molar-refractivity contribution is 6.32. The van der Waals surface area contributed by atoms with E-state index < -0.39 is 27.1 Å². The van der Waals surface area contributed by atoms with Crippen LogP contribution in [-0.4, -0.2) is 39.5 Å². The van der Waals surface area contributed by atoms with Crippen molar-refractivity contribution in [2.45, 2.75) is 58.3 Å². The summed E-state index contributed by atoms with van der Waals surface area (Å²) in [7, 11) is 0. The minimum atomic E-state index is -0.780. The van der Waals surface area contributed by atoms with Gasteiger partial charge in [-0.05, 0) is 63.3 Å². The number of ketones is 2. The van der Waals surface area contributed by atoms with Gasteiger partial charge < -0.3 is 14.4 Å². The summed E-state index contributed by atoms with van der Waals surface area (Å²) >= 11 is 6.74. The minimum Gasteiger partial charge on any atom is -0.490 e. The molecule has 0 amide bonds. The molecule has 0 spiro atoms. The Bertz CT molecular complexity index is 1500. The lowest BCUT2D eigenvalue weighted by atomic mass is 9.71. The molecule has 41 heavy (non-hydrogen) atoms. The van der Waals surface area contributed by atoms with Gasteiger partial charge in [0.1, 0.15) is 0 Å². The van der Waals surface area contributed by atoms with Crippen molar-refractivity contribution >= 4 is 34.5 Å².